The topological polar surface area (TPSA) is 96.2 Å². The molecule has 0 aliphatic carbocycles. The van der Waals surface area contributed by atoms with Crippen molar-refractivity contribution in [1.29, 1.82) is 0 Å². The molecule has 6 nitrogen and oxygen atoms in total. The molecular weight excluding hydrogens is 396 g/mol. The SMILES string of the molecule is C=CC[C@H](O)C[C@H]1C[C@H](OCc2ccccc2)C[C@H](Cc2cccc(O)c2C(=O)O)O1. The van der Waals surface area contributed by atoms with Crippen LogP contribution < -0.4 is 0 Å². The fraction of sp³-hybridized carbons (Fsp3) is 0.400. The molecule has 0 amide bonds. The number of benzene rings is 2. The number of carbonyl (C=O) groups is 1. The van der Waals surface area contributed by atoms with Gasteiger partial charge in [0, 0.05) is 6.42 Å². The molecule has 1 fully saturated rings. The maximum Gasteiger partial charge on any atom is 0.339 e. The molecule has 166 valence electrons. The predicted octanol–water partition coefficient (Wildman–Crippen LogP) is 4.09. The van der Waals surface area contributed by atoms with Gasteiger partial charge in [0.1, 0.15) is 11.3 Å². The smallest absolute Gasteiger partial charge is 0.339 e. The molecule has 2 aromatic rings. The lowest BCUT2D eigenvalue weighted by Gasteiger charge is -2.36. The lowest BCUT2D eigenvalue weighted by molar-refractivity contribution is -0.127. The molecule has 1 heterocycles. The summed E-state index contributed by atoms with van der Waals surface area (Å²) in [4.78, 5) is 11.6. The number of carboxylic acid groups (broad SMARTS) is 1. The zero-order chi connectivity index (χ0) is 22.2. The highest BCUT2D eigenvalue weighted by Crippen LogP contribution is 2.30. The molecule has 1 aliphatic rings. The van der Waals surface area contributed by atoms with Gasteiger partial charge in [0.05, 0.1) is 31.0 Å². The summed E-state index contributed by atoms with van der Waals surface area (Å²) in [6.07, 6.45) is 3.11. The highest BCUT2D eigenvalue weighted by atomic mass is 16.5. The van der Waals surface area contributed by atoms with Crippen molar-refractivity contribution in [2.24, 2.45) is 0 Å². The molecular formula is C25H30O6. The minimum absolute atomic E-state index is 0.0783. The minimum Gasteiger partial charge on any atom is -0.507 e. The number of rotatable bonds is 10. The predicted molar refractivity (Wildman–Crippen MR) is 117 cm³/mol. The Morgan fingerprint density at radius 1 is 1.16 bits per heavy atom. The standard InChI is InChI=1S/C25H30O6/c1-2-7-19(26)13-22-15-20(30-16-17-8-4-3-5-9-17)14-21(31-22)12-18-10-6-11-23(27)24(18)25(28)29/h2-6,8-11,19-22,26-27H,1,7,12-16H2,(H,28,29)/t19-,20+,21-,22-/m0/s1. The zero-order valence-corrected chi connectivity index (χ0v) is 17.5. The van der Waals surface area contributed by atoms with E-state index >= 15 is 0 Å². The zero-order valence-electron chi connectivity index (χ0n) is 17.5. The van der Waals surface area contributed by atoms with E-state index < -0.39 is 12.1 Å². The maximum absolute atomic E-state index is 11.6. The Balaban J connectivity index is 1.72. The molecule has 31 heavy (non-hydrogen) atoms. The fourth-order valence-electron chi connectivity index (χ4n) is 4.11. The Kier molecular flexibility index (Phi) is 8.23. The largest absolute Gasteiger partial charge is 0.507 e. The number of ether oxygens (including phenoxy) is 2. The first-order valence-corrected chi connectivity index (χ1v) is 10.6. The first-order valence-electron chi connectivity index (χ1n) is 10.6. The molecule has 3 rings (SSSR count). The van der Waals surface area contributed by atoms with E-state index in [1.165, 1.54) is 6.07 Å². The van der Waals surface area contributed by atoms with Gasteiger partial charge in [0.2, 0.25) is 0 Å². The van der Waals surface area contributed by atoms with Gasteiger partial charge in [-0.05, 0) is 42.9 Å². The van der Waals surface area contributed by atoms with E-state index in [4.69, 9.17) is 9.47 Å². The second-order valence-corrected chi connectivity index (χ2v) is 8.00. The third kappa shape index (κ3) is 6.66. The molecule has 0 unspecified atom stereocenters. The number of aliphatic hydroxyl groups is 1. The third-order valence-electron chi connectivity index (χ3n) is 5.53. The van der Waals surface area contributed by atoms with E-state index in [2.05, 4.69) is 6.58 Å². The molecule has 0 saturated carbocycles. The highest BCUT2D eigenvalue weighted by molar-refractivity contribution is 5.92. The van der Waals surface area contributed by atoms with Crippen LogP contribution in [-0.4, -0.2) is 45.7 Å². The highest BCUT2D eigenvalue weighted by Gasteiger charge is 2.32. The molecule has 0 radical (unpaired) electrons. The summed E-state index contributed by atoms with van der Waals surface area (Å²) in [5.74, 6) is -1.42. The van der Waals surface area contributed by atoms with Crippen molar-refractivity contribution in [2.45, 2.75) is 63.1 Å². The molecule has 1 aliphatic heterocycles. The number of hydrogen-bond donors (Lipinski definition) is 3. The fourth-order valence-corrected chi connectivity index (χ4v) is 4.11. The van der Waals surface area contributed by atoms with E-state index in [0.29, 0.717) is 44.3 Å². The monoisotopic (exact) mass is 426 g/mol. The van der Waals surface area contributed by atoms with Crippen molar-refractivity contribution in [1.82, 2.24) is 0 Å². The van der Waals surface area contributed by atoms with Crippen LogP contribution in [0.1, 0.15) is 47.2 Å². The summed E-state index contributed by atoms with van der Waals surface area (Å²) >= 11 is 0. The van der Waals surface area contributed by atoms with Crippen LogP contribution in [0.4, 0.5) is 0 Å². The quantitative estimate of drug-likeness (QED) is 0.495. The first-order chi connectivity index (χ1) is 15.0. The van der Waals surface area contributed by atoms with E-state index in [0.717, 1.165) is 5.56 Å². The summed E-state index contributed by atoms with van der Waals surface area (Å²) in [5, 5.41) is 29.7. The van der Waals surface area contributed by atoms with Crippen LogP contribution in [0, 0.1) is 0 Å². The van der Waals surface area contributed by atoms with Crippen molar-refractivity contribution in [2.75, 3.05) is 0 Å². The molecule has 3 N–H and O–H groups in total. The molecule has 4 atom stereocenters. The summed E-state index contributed by atoms with van der Waals surface area (Å²) in [5.41, 5.74) is 1.50. The Labute approximate surface area is 182 Å². The van der Waals surface area contributed by atoms with E-state index in [1.54, 1.807) is 18.2 Å². The number of carboxylic acids is 1. The van der Waals surface area contributed by atoms with E-state index in [9.17, 15) is 20.1 Å². The van der Waals surface area contributed by atoms with Gasteiger partial charge >= 0.3 is 5.97 Å². The van der Waals surface area contributed by atoms with Gasteiger partial charge in [-0.15, -0.1) is 6.58 Å². The van der Waals surface area contributed by atoms with Crippen LogP contribution >= 0.6 is 0 Å². The average molecular weight is 427 g/mol. The van der Waals surface area contributed by atoms with Crippen molar-refractivity contribution in [3.63, 3.8) is 0 Å². The van der Waals surface area contributed by atoms with Gasteiger partial charge < -0.3 is 24.8 Å². The van der Waals surface area contributed by atoms with Crippen molar-refractivity contribution in [3.05, 3.63) is 77.9 Å². The first kappa shape index (κ1) is 23.0. The third-order valence-corrected chi connectivity index (χ3v) is 5.53. The van der Waals surface area contributed by atoms with Gasteiger partial charge in [-0.2, -0.15) is 0 Å². The average Bonchev–Trinajstić information content (AvgIpc) is 2.73. The molecule has 0 aromatic heterocycles. The van der Waals surface area contributed by atoms with E-state index in [-0.39, 0.29) is 29.6 Å². The summed E-state index contributed by atoms with van der Waals surface area (Å²) in [7, 11) is 0. The normalized spacial score (nSPS) is 22.0. The Hall–Kier alpha value is -2.67. The summed E-state index contributed by atoms with van der Waals surface area (Å²) < 4.78 is 12.4. The van der Waals surface area contributed by atoms with Crippen LogP contribution in [0.5, 0.6) is 5.75 Å². The van der Waals surface area contributed by atoms with Crippen molar-refractivity contribution < 1.29 is 29.6 Å². The van der Waals surface area contributed by atoms with Gasteiger partial charge in [-0.25, -0.2) is 4.79 Å². The lowest BCUT2D eigenvalue weighted by atomic mass is 9.92. The van der Waals surface area contributed by atoms with Crippen molar-refractivity contribution in [3.8, 4) is 5.75 Å². The summed E-state index contributed by atoms with van der Waals surface area (Å²) in [6, 6.07) is 14.6. The van der Waals surface area contributed by atoms with Crippen LogP contribution in [0.25, 0.3) is 0 Å². The molecule has 0 bridgehead atoms. The Morgan fingerprint density at radius 2 is 1.90 bits per heavy atom. The Morgan fingerprint density at radius 3 is 2.61 bits per heavy atom. The van der Waals surface area contributed by atoms with Gasteiger partial charge in [-0.1, -0.05) is 48.5 Å². The number of aliphatic hydroxyl groups excluding tert-OH is 1. The molecule has 1 saturated heterocycles. The molecule has 0 spiro atoms. The molecule has 2 aromatic carbocycles. The maximum atomic E-state index is 11.6. The van der Waals surface area contributed by atoms with Crippen LogP contribution in [0.15, 0.2) is 61.2 Å². The van der Waals surface area contributed by atoms with Crippen LogP contribution in [-0.2, 0) is 22.5 Å². The number of phenols is 1. The van der Waals surface area contributed by atoms with Gasteiger partial charge in [0.25, 0.3) is 0 Å². The second-order valence-electron chi connectivity index (χ2n) is 8.00. The van der Waals surface area contributed by atoms with E-state index in [1.807, 2.05) is 30.3 Å². The number of aromatic hydroxyl groups is 1. The van der Waals surface area contributed by atoms with Gasteiger partial charge in [0.15, 0.2) is 0 Å². The number of aromatic carboxylic acids is 1. The van der Waals surface area contributed by atoms with Crippen molar-refractivity contribution >= 4 is 5.97 Å². The Bertz CT molecular complexity index is 866. The van der Waals surface area contributed by atoms with Gasteiger partial charge in [-0.3, -0.25) is 0 Å². The summed E-state index contributed by atoms with van der Waals surface area (Å²) in [6.45, 7) is 4.15. The van der Waals surface area contributed by atoms with Crippen LogP contribution in [0.3, 0.4) is 0 Å². The number of hydrogen-bond acceptors (Lipinski definition) is 5. The van der Waals surface area contributed by atoms with Crippen LogP contribution in [0.2, 0.25) is 0 Å². The lowest BCUT2D eigenvalue weighted by Crippen LogP contribution is -2.39. The minimum atomic E-state index is -1.17. The second kappa shape index (κ2) is 11.1. The molecule has 6 heteroatoms.